The van der Waals surface area contributed by atoms with Gasteiger partial charge in [0.2, 0.25) is 0 Å². The minimum atomic E-state index is -0.929. The highest BCUT2D eigenvalue weighted by atomic mass is 16.2. The van der Waals surface area contributed by atoms with E-state index in [4.69, 9.17) is 5.26 Å². The monoisotopic (exact) mass is 272 g/mol. The van der Waals surface area contributed by atoms with Gasteiger partial charge in [0.05, 0.1) is 11.6 Å². The van der Waals surface area contributed by atoms with Crippen LogP contribution in [0.15, 0.2) is 24.3 Å². The molecule has 0 bridgehead atoms. The summed E-state index contributed by atoms with van der Waals surface area (Å²) in [4.78, 5) is 34.4. The van der Waals surface area contributed by atoms with E-state index >= 15 is 0 Å². The minimum absolute atomic E-state index is 0.0660. The van der Waals surface area contributed by atoms with Gasteiger partial charge in [0.1, 0.15) is 0 Å². The summed E-state index contributed by atoms with van der Waals surface area (Å²) in [5.41, 5.74) is 4.68. The Hall–Kier alpha value is -2.88. The Balaban J connectivity index is 1.86. The van der Waals surface area contributed by atoms with Crippen molar-refractivity contribution in [3.8, 4) is 6.07 Å². The van der Waals surface area contributed by atoms with Crippen LogP contribution in [-0.4, -0.2) is 23.8 Å². The lowest BCUT2D eigenvalue weighted by molar-refractivity contribution is -0.139. The Morgan fingerprint density at radius 3 is 2.55 bits per heavy atom. The molecule has 0 spiro atoms. The van der Waals surface area contributed by atoms with E-state index in [1.165, 1.54) is 12.1 Å². The summed E-state index contributed by atoms with van der Waals surface area (Å²) in [6.45, 7) is 0. The summed E-state index contributed by atoms with van der Waals surface area (Å²) in [6, 6.07) is 7.95. The molecule has 2 rings (SSSR count). The average molecular weight is 272 g/mol. The molecule has 0 heterocycles. The van der Waals surface area contributed by atoms with Crippen molar-refractivity contribution in [3.05, 3.63) is 35.4 Å². The summed E-state index contributed by atoms with van der Waals surface area (Å²) < 4.78 is 0. The number of carbonyl (C=O) groups is 3. The Labute approximate surface area is 114 Å². The Kier molecular flexibility index (Phi) is 3.96. The molecule has 1 saturated carbocycles. The molecule has 1 fully saturated rings. The molecule has 3 N–H and O–H groups in total. The molecule has 1 aliphatic carbocycles. The molecule has 1 aromatic carbocycles. The number of carbonyl (C=O) groups excluding carboxylic acids is 3. The molecule has 102 valence electrons. The molecule has 7 nitrogen and oxygen atoms in total. The largest absolute Gasteiger partial charge is 0.345 e. The first-order chi connectivity index (χ1) is 9.60. The Bertz CT molecular complexity index is 602. The Morgan fingerprint density at radius 1 is 1.15 bits per heavy atom. The molecule has 20 heavy (non-hydrogen) atoms. The van der Waals surface area contributed by atoms with Gasteiger partial charge < -0.3 is 5.32 Å². The summed E-state index contributed by atoms with van der Waals surface area (Å²) in [5.74, 6) is -2.31. The maximum atomic E-state index is 11.7. The highest BCUT2D eigenvalue weighted by molar-refractivity contribution is 6.35. The summed E-state index contributed by atoms with van der Waals surface area (Å²) >= 11 is 0. The van der Waals surface area contributed by atoms with Crippen LogP contribution in [0.3, 0.4) is 0 Å². The van der Waals surface area contributed by atoms with Crippen LogP contribution in [0, 0.1) is 11.3 Å². The van der Waals surface area contributed by atoms with E-state index in [1.807, 2.05) is 11.5 Å². The van der Waals surface area contributed by atoms with Gasteiger partial charge >= 0.3 is 11.8 Å². The van der Waals surface area contributed by atoms with Gasteiger partial charge in [0.15, 0.2) is 0 Å². The van der Waals surface area contributed by atoms with Crippen molar-refractivity contribution in [3.63, 3.8) is 0 Å². The molecule has 0 aromatic heterocycles. The second kappa shape index (κ2) is 5.84. The first-order valence-electron chi connectivity index (χ1n) is 6.01. The van der Waals surface area contributed by atoms with Gasteiger partial charge in [-0.05, 0) is 31.0 Å². The van der Waals surface area contributed by atoms with Crippen molar-refractivity contribution in [1.29, 1.82) is 5.26 Å². The maximum absolute atomic E-state index is 11.7. The summed E-state index contributed by atoms with van der Waals surface area (Å²) in [7, 11) is 0. The van der Waals surface area contributed by atoms with E-state index in [9.17, 15) is 14.4 Å². The van der Waals surface area contributed by atoms with Crippen molar-refractivity contribution in [2.45, 2.75) is 18.9 Å². The zero-order chi connectivity index (χ0) is 14.5. The molecule has 0 unspecified atom stereocenters. The fourth-order valence-corrected chi connectivity index (χ4v) is 1.45. The van der Waals surface area contributed by atoms with Crippen molar-refractivity contribution < 1.29 is 14.4 Å². The van der Waals surface area contributed by atoms with Gasteiger partial charge in [-0.25, -0.2) is 0 Å². The zero-order valence-electron chi connectivity index (χ0n) is 10.5. The number of nitriles is 1. The van der Waals surface area contributed by atoms with Crippen molar-refractivity contribution in [2.24, 2.45) is 0 Å². The van der Waals surface area contributed by atoms with Crippen molar-refractivity contribution >= 4 is 17.7 Å². The van der Waals surface area contributed by atoms with Crippen LogP contribution in [0.25, 0.3) is 0 Å². The third kappa shape index (κ3) is 3.55. The lowest BCUT2D eigenvalue weighted by Crippen LogP contribution is -2.49. The molecule has 1 aliphatic rings. The molecule has 7 heteroatoms. The predicted molar refractivity (Wildman–Crippen MR) is 67.9 cm³/mol. The lowest BCUT2D eigenvalue weighted by atomic mass is 10.1. The molecule has 0 atom stereocenters. The topological polar surface area (TPSA) is 111 Å². The van der Waals surface area contributed by atoms with Crippen molar-refractivity contribution in [2.75, 3.05) is 0 Å². The molecule has 1 aromatic rings. The number of hydrazine groups is 1. The fraction of sp³-hybridized carbons (Fsp3) is 0.231. The molecule has 3 amide bonds. The molecule has 0 radical (unpaired) electrons. The number of amides is 3. The summed E-state index contributed by atoms with van der Waals surface area (Å²) in [5, 5.41) is 11.2. The number of nitrogens with zero attached hydrogens (tertiary/aromatic N) is 1. The molecule has 0 aliphatic heterocycles. The maximum Gasteiger partial charge on any atom is 0.327 e. The third-order valence-corrected chi connectivity index (χ3v) is 2.66. The predicted octanol–water partition coefficient (Wildman–Crippen LogP) is -0.402. The van der Waals surface area contributed by atoms with Crippen LogP contribution in [0.2, 0.25) is 0 Å². The van der Waals surface area contributed by atoms with E-state index in [1.54, 1.807) is 12.1 Å². The third-order valence-electron chi connectivity index (χ3n) is 2.66. The normalized spacial score (nSPS) is 12.9. The number of hydrogen-bond acceptors (Lipinski definition) is 4. The van der Waals surface area contributed by atoms with Crippen LogP contribution < -0.4 is 16.2 Å². The SMILES string of the molecule is N#Cc1cccc(C(=O)NNC(=O)C(=O)NC2CC2)c1. The van der Waals surface area contributed by atoms with Gasteiger partial charge in [-0.1, -0.05) is 6.07 Å². The van der Waals surface area contributed by atoms with Gasteiger partial charge in [0.25, 0.3) is 5.91 Å². The molecular formula is C13H12N4O3. The molecular weight excluding hydrogens is 260 g/mol. The first-order valence-corrected chi connectivity index (χ1v) is 6.01. The van der Waals surface area contributed by atoms with Crippen molar-refractivity contribution in [1.82, 2.24) is 16.2 Å². The van der Waals surface area contributed by atoms with Crippen LogP contribution in [-0.2, 0) is 9.59 Å². The minimum Gasteiger partial charge on any atom is -0.345 e. The highest BCUT2D eigenvalue weighted by Gasteiger charge is 2.26. The number of nitrogens with one attached hydrogen (secondary N) is 3. The lowest BCUT2D eigenvalue weighted by Gasteiger charge is -2.07. The molecule has 0 saturated heterocycles. The number of hydrogen-bond donors (Lipinski definition) is 3. The zero-order valence-corrected chi connectivity index (χ0v) is 10.5. The fourth-order valence-electron chi connectivity index (χ4n) is 1.45. The number of rotatable bonds is 2. The Morgan fingerprint density at radius 2 is 1.90 bits per heavy atom. The van der Waals surface area contributed by atoms with E-state index in [2.05, 4.69) is 10.7 Å². The van der Waals surface area contributed by atoms with Gasteiger partial charge in [-0.2, -0.15) is 5.26 Å². The van der Waals surface area contributed by atoms with E-state index < -0.39 is 17.7 Å². The standard InChI is InChI=1S/C13H12N4O3/c14-7-8-2-1-3-9(6-8)11(18)16-17-13(20)12(19)15-10-4-5-10/h1-3,6,10H,4-5H2,(H,15,19)(H,16,18)(H,17,20). The van der Waals surface area contributed by atoms with Crippen LogP contribution in [0.4, 0.5) is 0 Å². The number of benzene rings is 1. The van der Waals surface area contributed by atoms with Crippen LogP contribution >= 0.6 is 0 Å². The summed E-state index contributed by atoms with van der Waals surface area (Å²) in [6.07, 6.45) is 1.73. The average Bonchev–Trinajstić information content (AvgIpc) is 3.28. The second-order valence-electron chi connectivity index (χ2n) is 4.35. The quantitative estimate of drug-likeness (QED) is 0.502. The van der Waals surface area contributed by atoms with E-state index in [-0.39, 0.29) is 11.6 Å². The van der Waals surface area contributed by atoms with Gasteiger partial charge in [-0.15, -0.1) is 0 Å². The van der Waals surface area contributed by atoms with E-state index in [0.29, 0.717) is 5.56 Å². The first kappa shape index (κ1) is 13.5. The highest BCUT2D eigenvalue weighted by Crippen LogP contribution is 2.18. The van der Waals surface area contributed by atoms with Crippen LogP contribution in [0.5, 0.6) is 0 Å². The second-order valence-corrected chi connectivity index (χ2v) is 4.35. The van der Waals surface area contributed by atoms with Crippen LogP contribution in [0.1, 0.15) is 28.8 Å². The van der Waals surface area contributed by atoms with Gasteiger partial charge in [0, 0.05) is 11.6 Å². The smallest absolute Gasteiger partial charge is 0.327 e. The van der Waals surface area contributed by atoms with Gasteiger partial charge in [-0.3, -0.25) is 25.2 Å². The van der Waals surface area contributed by atoms with E-state index in [0.717, 1.165) is 12.8 Å².